The maximum absolute atomic E-state index is 14.3. The van der Waals surface area contributed by atoms with E-state index in [0.717, 1.165) is 57.8 Å². The highest BCUT2D eigenvalue weighted by Crippen LogP contribution is 2.75. The lowest BCUT2D eigenvalue weighted by Crippen LogP contribution is -2.66. The van der Waals surface area contributed by atoms with Gasteiger partial charge in [0.25, 0.3) is 0 Å². The first-order valence-electron chi connectivity index (χ1n) is 14.1. The number of hydrogen-bond donors (Lipinski definition) is 1. The van der Waals surface area contributed by atoms with Crippen LogP contribution in [-0.4, -0.2) is 30.1 Å². The van der Waals surface area contributed by atoms with Gasteiger partial charge in [-0.15, -0.1) is 0 Å². The molecule has 5 aliphatic rings. The van der Waals surface area contributed by atoms with E-state index in [1.165, 1.54) is 12.7 Å². The van der Waals surface area contributed by atoms with E-state index < -0.39 is 5.41 Å². The summed E-state index contributed by atoms with van der Waals surface area (Å²) in [7, 11) is 1.50. The van der Waals surface area contributed by atoms with E-state index in [2.05, 4.69) is 54.5 Å². The second kappa shape index (κ2) is 7.45. The van der Waals surface area contributed by atoms with Crippen molar-refractivity contribution in [1.82, 2.24) is 0 Å². The average molecular weight is 485 g/mol. The predicted molar refractivity (Wildman–Crippen MR) is 137 cm³/mol. The Labute approximate surface area is 212 Å². The van der Waals surface area contributed by atoms with Crippen molar-refractivity contribution in [2.24, 2.45) is 50.2 Å². The van der Waals surface area contributed by atoms with Gasteiger partial charge in [0.2, 0.25) is 0 Å². The Morgan fingerprint density at radius 3 is 2.26 bits per heavy atom. The standard InChI is InChI=1S/C31H48O4/c1-26(2)22-9-12-31(7)24(29(22,5)11-10-23(26)33)21(32)17-19-20-18-28(4,25(34)35-8)14-13-27(20,3)15-16-30(19,31)6/h17,20,22-24,33H,9-16,18H2,1-8H3/t20-,22-,23+,24+,27+,28-,29-,30+,31+/m0/s1. The summed E-state index contributed by atoms with van der Waals surface area (Å²) in [4.78, 5) is 27.1. The monoisotopic (exact) mass is 484 g/mol. The van der Waals surface area contributed by atoms with Crippen LogP contribution in [0.2, 0.25) is 0 Å². The lowest BCUT2D eigenvalue weighted by Gasteiger charge is -2.70. The van der Waals surface area contributed by atoms with E-state index >= 15 is 0 Å². The number of methoxy groups -OCH3 is 1. The van der Waals surface area contributed by atoms with E-state index in [0.29, 0.717) is 11.7 Å². The Morgan fingerprint density at radius 2 is 1.60 bits per heavy atom. The SMILES string of the molecule is COC(=O)[C@@]1(C)CC[C@]2(C)CC[C@]3(C)C(=CC(=O)[C@@H]4[C@@]5(C)CC[C@@H](O)C(C)(C)[C@@H]5CC[C@]43C)[C@@H]2C1. The van der Waals surface area contributed by atoms with E-state index in [4.69, 9.17) is 4.74 Å². The zero-order valence-electron chi connectivity index (χ0n) is 23.4. The van der Waals surface area contributed by atoms with Crippen molar-refractivity contribution in [2.45, 2.75) is 112 Å². The fraction of sp³-hybridized carbons (Fsp3) is 0.871. The molecule has 0 aliphatic heterocycles. The van der Waals surface area contributed by atoms with Gasteiger partial charge in [-0.25, -0.2) is 0 Å². The highest BCUT2D eigenvalue weighted by atomic mass is 16.5. The third-order valence-corrected chi connectivity index (χ3v) is 13.2. The molecule has 1 N–H and O–H groups in total. The number of rotatable bonds is 1. The predicted octanol–water partition coefficient (Wildman–Crippen LogP) is 6.50. The molecule has 4 nitrogen and oxygen atoms in total. The van der Waals surface area contributed by atoms with Crippen LogP contribution in [0.1, 0.15) is 106 Å². The minimum Gasteiger partial charge on any atom is -0.469 e. The van der Waals surface area contributed by atoms with Gasteiger partial charge in [-0.1, -0.05) is 47.1 Å². The third-order valence-electron chi connectivity index (χ3n) is 13.2. The van der Waals surface area contributed by atoms with Gasteiger partial charge in [-0.3, -0.25) is 9.59 Å². The first-order chi connectivity index (χ1) is 16.1. The number of carbonyl (C=O) groups excluding carboxylic acids is 2. The smallest absolute Gasteiger partial charge is 0.311 e. The van der Waals surface area contributed by atoms with Crippen molar-refractivity contribution in [3.63, 3.8) is 0 Å². The molecular weight excluding hydrogens is 436 g/mol. The molecular formula is C31H48O4. The third kappa shape index (κ3) is 3.07. The summed E-state index contributed by atoms with van der Waals surface area (Å²) in [6.07, 6.45) is 10.5. The Hall–Kier alpha value is -1.16. The molecule has 4 saturated carbocycles. The summed E-state index contributed by atoms with van der Waals surface area (Å²) in [6, 6.07) is 0. The van der Waals surface area contributed by atoms with Gasteiger partial charge in [0.1, 0.15) is 0 Å². The van der Waals surface area contributed by atoms with Gasteiger partial charge in [0, 0.05) is 5.92 Å². The molecule has 196 valence electrons. The van der Waals surface area contributed by atoms with Gasteiger partial charge >= 0.3 is 5.97 Å². The molecule has 5 rings (SSSR count). The lowest BCUT2D eigenvalue weighted by atomic mass is 9.33. The van der Waals surface area contributed by atoms with Crippen LogP contribution in [0.3, 0.4) is 0 Å². The molecule has 0 unspecified atom stereocenters. The second-order valence-corrected chi connectivity index (χ2v) is 15.1. The van der Waals surface area contributed by atoms with Crippen LogP contribution in [0, 0.1) is 50.2 Å². The van der Waals surface area contributed by atoms with Crippen molar-refractivity contribution in [3.8, 4) is 0 Å². The number of ether oxygens (including phenoxy) is 1. The number of aliphatic hydroxyl groups excluding tert-OH is 1. The Morgan fingerprint density at radius 1 is 0.943 bits per heavy atom. The summed E-state index contributed by atoms with van der Waals surface area (Å²) < 4.78 is 5.25. The van der Waals surface area contributed by atoms with Gasteiger partial charge in [0.15, 0.2) is 5.78 Å². The first kappa shape index (κ1) is 25.5. The normalized spacial score (nSPS) is 52.8. The maximum Gasteiger partial charge on any atom is 0.311 e. The highest BCUT2D eigenvalue weighted by molar-refractivity contribution is 5.95. The minimum absolute atomic E-state index is 0.00536. The fourth-order valence-electron chi connectivity index (χ4n) is 10.6. The number of carbonyl (C=O) groups is 2. The first-order valence-corrected chi connectivity index (χ1v) is 14.1. The molecule has 0 aromatic heterocycles. The van der Waals surface area contributed by atoms with Gasteiger partial charge in [0.05, 0.1) is 18.6 Å². The van der Waals surface area contributed by atoms with Crippen LogP contribution in [0.25, 0.3) is 0 Å². The van der Waals surface area contributed by atoms with E-state index in [-0.39, 0.29) is 51.0 Å². The average Bonchev–Trinajstić information content (AvgIpc) is 2.78. The zero-order chi connectivity index (χ0) is 25.8. The fourth-order valence-corrected chi connectivity index (χ4v) is 10.6. The summed E-state index contributed by atoms with van der Waals surface area (Å²) in [5, 5.41) is 10.9. The number of esters is 1. The van der Waals surface area contributed by atoms with Crippen LogP contribution in [-0.2, 0) is 14.3 Å². The van der Waals surface area contributed by atoms with E-state index in [1.807, 2.05) is 0 Å². The lowest BCUT2D eigenvalue weighted by molar-refractivity contribution is -0.202. The molecule has 0 aromatic rings. The molecule has 4 heteroatoms. The summed E-state index contributed by atoms with van der Waals surface area (Å²) >= 11 is 0. The zero-order valence-corrected chi connectivity index (χ0v) is 23.4. The van der Waals surface area contributed by atoms with Crippen molar-refractivity contribution < 1.29 is 19.4 Å². The molecule has 5 aliphatic carbocycles. The molecule has 4 fully saturated rings. The summed E-state index contributed by atoms with van der Waals surface area (Å²) in [6.45, 7) is 16.2. The van der Waals surface area contributed by atoms with Crippen LogP contribution >= 0.6 is 0 Å². The van der Waals surface area contributed by atoms with Crippen molar-refractivity contribution in [3.05, 3.63) is 11.6 Å². The van der Waals surface area contributed by atoms with Gasteiger partial charge in [-0.05, 0) is 110 Å². The molecule has 0 aromatic carbocycles. The molecule has 0 spiro atoms. The Balaban J connectivity index is 1.61. The van der Waals surface area contributed by atoms with Gasteiger partial charge < -0.3 is 9.84 Å². The maximum atomic E-state index is 14.3. The summed E-state index contributed by atoms with van der Waals surface area (Å²) in [5.74, 6) is 0.805. The Kier molecular flexibility index (Phi) is 5.43. The quantitative estimate of drug-likeness (QED) is 0.431. The molecule has 0 saturated heterocycles. The summed E-state index contributed by atoms with van der Waals surface area (Å²) in [5.41, 5.74) is 0.590. The van der Waals surface area contributed by atoms with Crippen LogP contribution < -0.4 is 0 Å². The number of allylic oxidation sites excluding steroid dienone is 2. The number of ketones is 1. The second-order valence-electron chi connectivity index (χ2n) is 15.1. The molecule has 0 bridgehead atoms. The van der Waals surface area contributed by atoms with E-state index in [9.17, 15) is 14.7 Å². The largest absolute Gasteiger partial charge is 0.469 e. The van der Waals surface area contributed by atoms with E-state index in [1.54, 1.807) is 0 Å². The van der Waals surface area contributed by atoms with Crippen molar-refractivity contribution in [1.29, 1.82) is 0 Å². The number of aliphatic hydroxyl groups is 1. The topological polar surface area (TPSA) is 63.6 Å². The van der Waals surface area contributed by atoms with Gasteiger partial charge in [-0.2, -0.15) is 0 Å². The number of hydrogen-bond acceptors (Lipinski definition) is 4. The van der Waals surface area contributed by atoms with Crippen molar-refractivity contribution >= 4 is 11.8 Å². The molecule has 0 radical (unpaired) electrons. The molecule has 35 heavy (non-hydrogen) atoms. The highest BCUT2D eigenvalue weighted by Gasteiger charge is 2.70. The van der Waals surface area contributed by atoms with Crippen molar-refractivity contribution in [2.75, 3.05) is 7.11 Å². The molecule has 0 amide bonds. The molecule has 0 heterocycles. The van der Waals surface area contributed by atoms with Crippen LogP contribution in [0.5, 0.6) is 0 Å². The van der Waals surface area contributed by atoms with Crippen LogP contribution in [0.15, 0.2) is 11.6 Å². The Bertz CT molecular complexity index is 980. The van der Waals surface area contributed by atoms with Crippen LogP contribution in [0.4, 0.5) is 0 Å². The molecule has 9 atom stereocenters. The number of fused-ring (bicyclic) bond motifs is 7. The minimum atomic E-state index is -0.480.